The Labute approximate surface area is 215 Å². The van der Waals surface area contributed by atoms with Crippen molar-refractivity contribution in [3.8, 4) is 11.5 Å². The van der Waals surface area contributed by atoms with E-state index < -0.39 is 0 Å². The Balaban J connectivity index is 1.49. The molecule has 0 saturated heterocycles. The molecule has 180 valence electrons. The van der Waals surface area contributed by atoms with Crippen molar-refractivity contribution in [3.63, 3.8) is 0 Å². The number of rotatable bonds is 11. The first-order valence-corrected chi connectivity index (χ1v) is 12.7. The normalized spacial score (nSPS) is 11.2. The zero-order chi connectivity index (χ0) is 24.5. The second-order valence-corrected chi connectivity index (χ2v) is 9.18. The van der Waals surface area contributed by atoms with E-state index >= 15 is 0 Å². The van der Waals surface area contributed by atoms with Gasteiger partial charge in [-0.05, 0) is 53.4 Å². The molecule has 0 fully saturated rings. The summed E-state index contributed by atoms with van der Waals surface area (Å²) in [6.07, 6.45) is 3.54. The van der Waals surface area contributed by atoms with Crippen molar-refractivity contribution in [2.75, 3.05) is 7.11 Å². The number of hydrogen-bond acceptors (Lipinski definition) is 6. The van der Waals surface area contributed by atoms with Crippen LogP contribution in [0.15, 0.2) is 83.1 Å². The molecule has 8 heteroatoms. The van der Waals surface area contributed by atoms with Crippen LogP contribution < -0.4 is 9.47 Å². The summed E-state index contributed by atoms with van der Waals surface area (Å²) in [6.45, 7) is 2.59. The van der Waals surface area contributed by atoms with Gasteiger partial charge in [-0.25, -0.2) is 0 Å². The van der Waals surface area contributed by atoms with Crippen molar-refractivity contribution < 1.29 is 9.47 Å². The SMILES string of the molecule is CCCc1nnc(SCc2ccc(Cl)cc2)n1/N=C/c1ccc(OCc2ccccc2)c(OC)c1. The summed E-state index contributed by atoms with van der Waals surface area (Å²) in [7, 11) is 1.64. The van der Waals surface area contributed by atoms with E-state index in [0.717, 1.165) is 51.3 Å². The standard InChI is InChI=1S/C27H27ClN4O2S/c1-3-7-26-30-31-27(35-19-21-10-13-23(28)14-11-21)32(26)29-17-22-12-15-24(25(16-22)33-2)34-18-20-8-5-4-6-9-20/h4-6,8-17H,3,7,18-19H2,1-2H3/b29-17+. The highest BCUT2D eigenvalue weighted by atomic mass is 35.5. The molecule has 0 saturated carbocycles. The largest absolute Gasteiger partial charge is 0.493 e. The van der Waals surface area contributed by atoms with Crippen LogP contribution in [0, 0.1) is 0 Å². The van der Waals surface area contributed by atoms with Gasteiger partial charge in [0.25, 0.3) is 0 Å². The predicted octanol–water partition coefficient (Wildman–Crippen LogP) is 6.65. The van der Waals surface area contributed by atoms with Gasteiger partial charge in [0.1, 0.15) is 6.61 Å². The van der Waals surface area contributed by atoms with Crippen LogP contribution in [0.1, 0.15) is 35.9 Å². The van der Waals surface area contributed by atoms with Crippen molar-refractivity contribution in [2.45, 2.75) is 37.3 Å². The van der Waals surface area contributed by atoms with Crippen molar-refractivity contribution in [3.05, 3.63) is 100 Å². The van der Waals surface area contributed by atoms with E-state index in [1.165, 1.54) is 0 Å². The summed E-state index contributed by atoms with van der Waals surface area (Å²) in [6, 6.07) is 23.6. The van der Waals surface area contributed by atoms with Crippen LogP contribution in [0.25, 0.3) is 0 Å². The Hall–Kier alpha value is -3.29. The first kappa shape index (κ1) is 24.8. The molecule has 35 heavy (non-hydrogen) atoms. The molecule has 0 atom stereocenters. The number of aryl methyl sites for hydroxylation is 1. The van der Waals surface area contributed by atoms with E-state index in [1.54, 1.807) is 25.1 Å². The Morgan fingerprint density at radius 1 is 0.971 bits per heavy atom. The molecule has 1 heterocycles. The average Bonchev–Trinajstić information content (AvgIpc) is 3.28. The van der Waals surface area contributed by atoms with Gasteiger partial charge in [-0.1, -0.05) is 72.8 Å². The zero-order valence-corrected chi connectivity index (χ0v) is 21.3. The van der Waals surface area contributed by atoms with Crippen LogP contribution in [-0.4, -0.2) is 28.2 Å². The maximum absolute atomic E-state index is 6.00. The smallest absolute Gasteiger partial charge is 0.212 e. The summed E-state index contributed by atoms with van der Waals surface area (Å²) in [4.78, 5) is 0. The van der Waals surface area contributed by atoms with Crippen LogP contribution >= 0.6 is 23.4 Å². The topological polar surface area (TPSA) is 61.5 Å². The predicted molar refractivity (Wildman–Crippen MR) is 142 cm³/mol. The molecular weight excluding hydrogens is 480 g/mol. The number of hydrogen-bond donors (Lipinski definition) is 0. The lowest BCUT2D eigenvalue weighted by atomic mass is 10.2. The van der Waals surface area contributed by atoms with Crippen LogP contribution in [0.5, 0.6) is 11.5 Å². The summed E-state index contributed by atoms with van der Waals surface area (Å²) in [5.41, 5.74) is 3.14. The monoisotopic (exact) mass is 506 g/mol. The van der Waals surface area contributed by atoms with Gasteiger partial charge in [0.2, 0.25) is 5.16 Å². The minimum atomic E-state index is 0.472. The lowest BCUT2D eigenvalue weighted by molar-refractivity contribution is 0.284. The van der Waals surface area contributed by atoms with Gasteiger partial charge >= 0.3 is 0 Å². The van der Waals surface area contributed by atoms with Gasteiger partial charge in [0, 0.05) is 17.2 Å². The Morgan fingerprint density at radius 3 is 2.51 bits per heavy atom. The molecule has 0 aliphatic carbocycles. The number of methoxy groups -OCH3 is 1. The van der Waals surface area contributed by atoms with Gasteiger partial charge in [0.05, 0.1) is 13.3 Å². The summed E-state index contributed by atoms with van der Waals surface area (Å²) >= 11 is 7.59. The Bertz CT molecular complexity index is 1260. The van der Waals surface area contributed by atoms with Crippen LogP contribution in [-0.2, 0) is 18.8 Å². The first-order chi connectivity index (χ1) is 17.2. The molecule has 1 aromatic heterocycles. The maximum Gasteiger partial charge on any atom is 0.212 e. The molecule has 4 rings (SSSR count). The molecule has 0 unspecified atom stereocenters. The van der Waals surface area contributed by atoms with Gasteiger partial charge < -0.3 is 9.47 Å². The maximum atomic E-state index is 6.00. The van der Waals surface area contributed by atoms with E-state index in [-0.39, 0.29) is 0 Å². The van der Waals surface area contributed by atoms with Crippen molar-refractivity contribution in [2.24, 2.45) is 5.10 Å². The molecule has 0 aliphatic rings. The van der Waals surface area contributed by atoms with Crippen LogP contribution in [0.3, 0.4) is 0 Å². The van der Waals surface area contributed by atoms with Crippen molar-refractivity contribution in [1.82, 2.24) is 14.9 Å². The molecule has 6 nitrogen and oxygen atoms in total. The van der Waals surface area contributed by atoms with E-state index in [2.05, 4.69) is 17.1 Å². The fourth-order valence-electron chi connectivity index (χ4n) is 3.35. The van der Waals surface area contributed by atoms with E-state index in [4.69, 9.17) is 26.2 Å². The highest BCUT2D eigenvalue weighted by molar-refractivity contribution is 7.98. The molecule has 0 aliphatic heterocycles. The molecule has 0 spiro atoms. The van der Waals surface area contributed by atoms with Crippen molar-refractivity contribution >= 4 is 29.6 Å². The van der Waals surface area contributed by atoms with Crippen LogP contribution in [0.2, 0.25) is 5.02 Å². The summed E-state index contributed by atoms with van der Waals surface area (Å²) in [5, 5.41) is 14.9. The number of ether oxygens (including phenoxy) is 2. The molecule has 3 aromatic carbocycles. The molecule has 0 radical (unpaired) electrons. The summed E-state index contributed by atoms with van der Waals surface area (Å²) < 4.78 is 13.3. The van der Waals surface area contributed by atoms with E-state index in [0.29, 0.717) is 18.1 Å². The van der Waals surface area contributed by atoms with Crippen LogP contribution in [0.4, 0.5) is 0 Å². The van der Waals surface area contributed by atoms with E-state index in [9.17, 15) is 0 Å². The fourth-order valence-corrected chi connectivity index (χ4v) is 4.34. The third-order valence-electron chi connectivity index (χ3n) is 5.18. The minimum absolute atomic E-state index is 0.472. The molecule has 0 bridgehead atoms. The lowest BCUT2D eigenvalue weighted by Crippen LogP contribution is -2.01. The third-order valence-corrected chi connectivity index (χ3v) is 6.42. The lowest BCUT2D eigenvalue weighted by Gasteiger charge is -2.11. The number of thioether (sulfide) groups is 1. The van der Waals surface area contributed by atoms with Gasteiger partial charge in [-0.15, -0.1) is 10.2 Å². The fraction of sp³-hybridized carbons (Fsp3) is 0.222. The quantitative estimate of drug-likeness (QED) is 0.168. The average molecular weight is 507 g/mol. The summed E-state index contributed by atoms with van der Waals surface area (Å²) in [5.74, 6) is 2.92. The number of benzene rings is 3. The number of nitrogens with zero attached hydrogens (tertiary/aromatic N) is 4. The number of aromatic nitrogens is 3. The van der Waals surface area contributed by atoms with Gasteiger partial charge in [-0.3, -0.25) is 0 Å². The number of halogens is 1. The van der Waals surface area contributed by atoms with Gasteiger partial charge in [0.15, 0.2) is 17.3 Å². The molecule has 4 aromatic rings. The Kier molecular flexibility index (Phi) is 8.81. The highest BCUT2D eigenvalue weighted by Crippen LogP contribution is 2.29. The molecule has 0 N–H and O–H groups in total. The Morgan fingerprint density at radius 2 is 1.77 bits per heavy atom. The third kappa shape index (κ3) is 6.87. The highest BCUT2D eigenvalue weighted by Gasteiger charge is 2.12. The van der Waals surface area contributed by atoms with Crippen molar-refractivity contribution in [1.29, 1.82) is 0 Å². The first-order valence-electron chi connectivity index (χ1n) is 11.4. The van der Waals surface area contributed by atoms with E-state index in [1.807, 2.05) is 77.5 Å². The zero-order valence-electron chi connectivity index (χ0n) is 19.7. The minimum Gasteiger partial charge on any atom is -0.493 e. The van der Waals surface area contributed by atoms with Gasteiger partial charge in [-0.2, -0.15) is 9.78 Å². The molecule has 0 amide bonds. The molecular formula is C27H27ClN4O2S. The second-order valence-electron chi connectivity index (χ2n) is 7.80. The second kappa shape index (κ2) is 12.4.